The zero-order valence-electron chi connectivity index (χ0n) is 7.58. The van der Waals surface area contributed by atoms with E-state index in [2.05, 4.69) is 12.2 Å². The highest BCUT2D eigenvalue weighted by Crippen LogP contribution is 1.90. The summed E-state index contributed by atoms with van der Waals surface area (Å²) in [4.78, 5) is 0. The molecule has 0 aromatic carbocycles. The molecule has 0 amide bonds. The van der Waals surface area contributed by atoms with E-state index in [0.717, 1.165) is 6.42 Å². The lowest BCUT2D eigenvalue weighted by molar-refractivity contribution is 0.475. The first-order valence-electron chi connectivity index (χ1n) is 4.14. The molecular weight excluding hydrogens is 178 g/mol. The normalized spacial score (nSPS) is 14.6. The van der Waals surface area contributed by atoms with Crippen molar-refractivity contribution in [1.82, 2.24) is 5.32 Å². The van der Waals surface area contributed by atoms with E-state index in [1.165, 1.54) is 0 Å². The Morgan fingerprint density at radius 3 is 2.50 bits per heavy atom. The average molecular weight is 195 g/mol. The molecule has 2 N–H and O–H groups in total. The Labute approximate surface area is 74.1 Å². The Hall–Kier alpha value is -0.130. The van der Waals surface area contributed by atoms with Crippen molar-refractivity contribution in [3.05, 3.63) is 0 Å². The molecule has 0 aromatic heterocycles. The van der Waals surface area contributed by atoms with E-state index in [4.69, 9.17) is 4.55 Å². The molecule has 0 bridgehead atoms. The summed E-state index contributed by atoms with van der Waals surface area (Å²) < 4.78 is 28.9. The lowest BCUT2D eigenvalue weighted by Gasteiger charge is -2.09. The number of rotatable bonds is 6. The van der Waals surface area contributed by atoms with Crippen LogP contribution in [0.4, 0.5) is 0 Å². The van der Waals surface area contributed by atoms with Crippen LogP contribution < -0.4 is 5.32 Å². The predicted molar refractivity (Wildman–Crippen MR) is 48.8 cm³/mol. The van der Waals surface area contributed by atoms with E-state index in [1.54, 1.807) is 0 Å². The molecule has 0 aliphatic carbocycles. The summed E-state index contributed by atoms with van der Waals surface area (Å²) in [6.45, 7) is 4.72. The van der Waals surface area contributed by atoms with Gasteiger partial charge in [0, 0.05) is 6.04 Å². The van der Waals surface area contributed by atoms with Gasteiger partial charge in [0.25, 0.3) is 10.1 Å². The Morgan fingerprint density at radius 1 is 1.50 bits per heavy atom. The van der Waals surface area contributed by atoms with E-state index < -0.39 is 10.1 Å². The van der Waals surface area contributed by atoms with Gasteiger partial charge in [-0.2, -0.15) is 8.42 Å². The summed E-state index contributed by atoms with van der Waals surface area (Å²) >= 11 is 0. The van der Waals surface area contributed by atoms with Gasteiger partial charge in [0.2, 0.25) is 0 Å². The van der Waals surface area contributed by atoms with Crippen molar-refractivity contribution in [1.29, 1.82) is 0 Å². The van der Waals surface area contributed by atoms with Crippen LogP contribution in [0.5, 0.6) is 0 Å². The second-order valence-electron chi connectivity index (χ2n) is 2.90. The Morgan fingerprint density at radius 2 is 2.08 bits per heavy atom. The maximum atomic E-state index is 10.3. The van der Waals surface area contributed by atoms with Gasteiger partial charge < -0.3 is 5.32 Å². The van der Waals surface area contributed by atoms with Crippen LogP contribution in [0.25, 0.3) is 0 Å². The topological polar surface area (TPSA) is 66.4 Å². The van der Waals surface area contributed by atoms with Gasteiger partial charge in [0.05, 0.1) is 5.75 Å². The van der Waals surface area contributed by atoms with Crippen molar-refractivity contribution < 1.29 is 13.0 Å². The zero-order valence-corrected chi connectivity index (χ0v) is 8.39. The van der Waals surface area contributed by atoms with Crippen LogP contribution in [-0.2, 0) is 10.1 Å². The first-order chi connectivity index (χ1) is 5.45. The van der Waals surface area contributed by atoms with Crippen LogP contribution in [0.1, 0.15) is 26.7 Å². The van der Waals surface area contributed by atoms with Crippen molar-refractivity contribution in [3.63, 3.8) is 0 Å². The summed E-state index contributed by atoms with van der Waals surface area (Å²) in [6, 6.07) is 0.409. The summed E-state index contributed by atoms with van der Waals surface area (Å²) in [5.74, 6) is -0.156. The maximum Gasteiger partial charge on any atom is 0.264 e. The summed E-state index contributed by atoms with van der Waals surface area (Å²) in [6.07, 6.45) is 1.48. The van der Waals surface area contributed by atoms with Gasteiger partial charge in [0.1, 0.15) is 0 Å². The van der Waals surface area contributed by atoms with Crippen LogP contribution in [-0.4, -0.2) is 31.3 Å². The SMILES string of the molecule is CC[C@H](C)NCCCS(=O)(=O)O. The third-order valence-corrected chi connectivity index (χ3v) is 2.49. The second kappa shape index (κ2) is 5.50. The first kappa shape index (κ1) is 11.9. The van der Waals surface area contributed by atoms with Crippen LogP contribution >= 0.6 is 0 Å². The molecule has 0 saturated heterocycles. The Bertz CT molecular complexity index is 201. The highest BCUT2D eigenvalue weighted by atomic mass is 32.2. The molecule has 0 rings (SSSR count). The van der Waals surface area contributed by atoms with Crippen molar-refractivity contribution in [3.8, 4) is 0 Å². The number of hydrogen-bond acceptors (Lipinski definition) is 3. The minimum atomic E-state index is -3.77. The number of hydrogen-bond donors (Lipinski definition) is 2. The molecule has 0 radical (unpaired) electrons. The molecule has 0 heterocycles. The fourth-order valence-corrected chi connectivity index (χ4v) is 1.26. The third kappa shape index (κ3) is 7.97. The largest absolute Gasteiger partial charge is 0.314 e. The van der Waals surface area contributed by atoms with Crippen molar-refractivity contribution >= 4 is 10.1 Å². The Kier molecular flexibility index (Phi) is 5.44. The molecule has 12 heavy (non-hydrogen) atoms. The standard InChI is InChI=1S/C7H17NO3S/c1-3-7(2)8-5-4-6-12(9,10)11/h7-8H,3-6H2,1-2H3,(H,9,10,11)/t7-/m0/s1. The van der Waals surface area contributed by atoms with Gasteiger partial charge in [-0.15, -0.1) is 0 Å². The van der Waals surface area contributed by atoms with E-state index in [0.29, 0.717) is 19.0 Å². The van der Waals surface area contributed by atoms with Crippen LogP contribution in [0, 0.1) is 0 Å². The third-order valence-electron chi connectivity index (χ3n) is 1.68. The molecule has 0 spiro atoms. The monoisotopic (exact) mass is 195 g/mol. The van der Waals surface area contributed by atoms with E-state index >= 15 is 0 Å². The summed E-state index contributed by atoms with van der Waals surface area (Å²) in [5.41, 5.74) is 0. The average Bonchev–Trinajstić information content (AvgIpc) is 1.96. The lowest BCUT2D eigenvalue weighted by Crippen LogP contribution is -2.27. The molecule has 0 aromatic rings. The van der Waals surface area contributed by atoms with Crippen molar-refractivity contribution in [2.75, 3.05) is 12.3 Å². The van der Waals surface area contributed by atoms with Crippen LogP contribution in [0.15, 0.2) is 0 Å². The van der Waals surface area contributed by atoms with Crippen molar-refractivity contribution in [2.45, 2.75) is 32.7 Å². The smallest absolute Gasteiger partial charge is 0.264 e. The van der Waals surface area contributed by atoms with Crippen LogP contribution in [0.3, 0.4) is 0 Å². The quantitative estimate of drug-likeness (QED) is 0.482. The predicted octanol–water partition coefficient (Wildman–Crippen LogP) is 0.652. The molecule has 0 aliphatic rings. The fourth-order valence-electron chi connectivity index (χ4n) is 0.747. The molecule has 74 valence electrons. The van der Waals surface area contributed by atoms with E-state index in [1.807, 2.05) is 6.92 Å². The Balaban J connectivity index is 3.34. The molecule has 0 saturated carbocycles. The molecule has 4 nitrogen and oxygen atoms in total. The molecule has 5 heteroatoms. The highest BCUT2D eigenvalue weighted by Gasteiger charge is 2.03. The first-order valence-corrected chi connectivity index (χ1v) is 5.75. The minimum Gasteiger partial charge on any atom is -0.314 e. The van der Waals surface area contributed by atoms with Gasteiger partial charge >= 0.3 is 0 Å². The molecule has 0 unspecified atom stereocenters. The lowest BCUT2D eigenvalue weighted by atomic mass is 10.2. The fraction of sp³-hybridized carbons (Fsp3) is 1.00. The number of nitrogens with one attached hydrogen (secondary N) is 1. The van der Waals surface area contributed by atoms with E-state index in [-0.39, 0.29) is 5.75 Å². The van der Waals surface area contributed by atoms with E-state index in [9.17, 15) is 8.42 Å². The highest BCUT2D eigenvalue weighted by molar-refractivity contribution is 7.85. The molecular formula is C7H17NO3S. The van der Waals surface area contributed by atoms with Gasteiger partial charge in [-0.1, -0.05) is 6.92 Å². The maximum absolute atomic E-state index is 10.3. The molecule has 0 fully saturated rings. The van der Waals surface area contributed by atoms with Gasteiger partial charge in [-0.3, -0.25) is 4.55 Å². The van der Waals surface area contributed by atoms with Crippen LogP contribution in [0.2, 0.25) is 0 Å². The summed E-state index contributed by atoms with van der Waals surface area (Å²) in [7, 11) is -3.77. The second-order valence-corrected chi connectivity index (χ2v) is 4.48. The zero-order chi connectivity index (χ0) is 9.61. The van der Waals surface area contributed by atoms with Gasteiger partial charge in [-0.05, 0) is 26.3 Å². The minimum absolute atomic E-state index is 0.156. The summed E-state index contributed by atoms with van der Waals surface area (Å²) in [5, 5.41) is 3.13. The van der Waals surface area contributed by atoms with Gasteiger partial charge in [-0.25, -0.2) is 0 Å². The van der Waals surface area contributed by atoms with Gasteiger partial charge in [0.15, 0.2) is 0 Å². The molecule has 1 atom stereocenters. The molecule has 0 aliphatic heterocycles. The van der Waals surface area contributed by atoms with Crippen molar-refractivity contribution in [2.24, 2.45) is 0 Å².